The molecular weight excluding hydrogens is 192 g/mol. The molecule has 1 heterocycles. The first-order chi connectivity index (χ1) is 7.07. The van der Waals surface area contributed by atoms with E-state index < -0.39 is 0 Å². The topological polar surface area (TPSA) is 65.2 Å². The summed E-state index contributed by atoms with van der Waals surface area (Å²) in [6.07, 6.45) is 3.20. The highest BCUT2D eigenvalue weighted by Crippen LogP contribution is 2.23. The number of anilines is 1. The molecule has 0 unspecified atom stereocenters. The number of pyridine rings is 1. The normalized spacial score (nSPS) is 11.9. The van der Waals surface area contributed by atoms with Crippen LogP contribution in [0.2, 0.25) is 0 Å². The van der Waals surface area contributed by atoms with E-state index >= 15 is 0 Å². The van der Waals surface area contributed by atoms with Gasteiger partial charge in [-0.2, -0.15) is 0 Å². The van der Waals surface area contributed by atoms with E-state index in [4.69, 9.17) is 5.73 Å². The number of esters is 1. The van der Waals surface area contributed by atoms with Crippen LogP contribution in [0.3, 0.4) is 0 Å². The van der Waals surface area contributed by atoms with Gasteiger partial charge in [-0.25, -0.2) is 4.79 Å². The highest BCUT2D eigenvalue weighted by atomic mass is 16.5. The van der Waals surface area contributed by atoms with Crippen LogP contribution in [0.5, 0.6) is 0 Å². The largest absolute Gasteiger partial charge is 0.466 e. The van der Waals surface area contributed by atoms with Crippen LogP contribution in [-0.2, 0) is 9.53 Å². The van der Waals surface area contributed by atoms with Crippen LogP contribution in [0.4, 0.5) is 5.69 Å². The molecule has 2 N–H and O–H groups in total. The van der Waals surface area contributed by atoms with E-state index in [9.17, 15) is 4.79 Å². The predicted molar refractivity (Wildman–Crippen MR) is 58.9 cm³/mol. The fourth-order valence-electron chi connectivity index (χ4n) is 1.26. The van der Waals surface area contributed by atoms with E-state index in [1.54, 1.807) is 25.4 Å². The quantitative estimate of drug-likeness (QED) is 0.590. The van der Waals surface area contributed by atoms with Crippen LogP contribution in [0.25, 0.3) is 5.57 Å². The van der Waals surface area contributed by atoms with Gasteiger partial charge in [0.2, 0.25) is 0 Å². The molecule has 0 fully saturated rings. The summed E-state index contributed by atoms with van der Waals surface area (Å²) in [5.41, 5.74) is 8.48. The Bertz CT molecular complexity index is 411. The van der Waals surface area contributed by atoms with Gasteiger partial charge in [-0.3, -0.25) is 4.98 Å². The van der Waals surface area contributed by atoms with Crippen molar-refractivity contribution in [3.8, 4) is 0 Å². The molecule has 0 aliphatic heterocycles. The van der Waals surface area contributed by atoms with E-state index in [2.05, 4.69) is 9.72 Å². The van der Waals surface area contributed by atoms with Crippen LogP contribution >= 0.6 is 0 Å². The first-order valence-corrected chi connectivity index (χ1v) is 4.53. The summed E-state index contributed by atoms with van der Waals surface area (Å²) in [5, 5.41) is 0. The van der Waals surface area contributed by atoms with E-state index in [0.717, 1.165) is 11.1 Å². The van der Waals surface area contributed by atoms with Crippen molar-refractivity contribution >= 4 is 17.2 Å². The molecule has 0 aliphatic rings. The van der Waals surface area contributed by atoms with Gasteiger partial charge in [0.1, 0.15) is 0 Å². The maximum atomic E-state index is 11.3. The third-order valence-corrected chi connectivity index (χ3v) is 2.31. The van der Waals surface area contributed by atoms with Crippen molar-refractivity contribution < 1.29 is 9.53 Å². The molecule has 0 aliphatic carbocycles. The lowest BCUT2D eigenvalue weighted by atomic mass is 10.0. The minimum absolute atomic E-state index is 0.344. The average molecular weight is 206 g/mol. The zero-order chi connectivity index (χ0) is 11.4. The first kappa shape index (κ1) is 11.2. The smallest absolute Gasteiger partial charge is 0.333 e. The highest BCUT2D eigenvalue weighted by Gasteiger charge is 2.10. The Morgan fingerprint density at radius 1 is 1.47 bits per heavy atom. The van der Waals surface area contributed by atoms with Crippen molar-refractivity contribution in [3.05, 3.63) is 29.6 Å². The Labute approximate surface area is 88.8 Å². The van der Waals surface area contributed by atoms with Crippen molar-refractivity contribution in [1.82, 2.24) is 4.98 Å². The Balaban J connectivity index is 3.19. The van der Waals surface area contributed by atoms with Gasteiger partial charge in [0.15, 0.2) is 0 Å². The molecule has 4 heteroatoms. The Morgan fingerprint density at radius 2 is 2.13 bits per heavy atom. The van der Waals surface area contributed by atoms with E-state index in [1.165, 1.54) is 7.11 Å². The number of aromatic nitrogens is 1. The lowest BCUT2D eigenvalue weighted by Gasteiger charge is -2.08. The molecule has 1 aromatic heterocycles. The molecule has 0 atom stereocenters. The molecule has 4 nitrogen and oxygen atoms in total. The molecule has 0 spiro atoms. The van der Waals surface area contributed by atoms with Crippen molar-refractivity contribution in [2.24, 2.45) is 0 Å². The predicted octanol–water partition coefficient (Wildman–Crippen LogP) is 1.63. The third-order valence-electron chi connectivity index (χ3n) is 2.31. The fourth-order valence-corrected chi connectivity index (χ4v) is 1.26. The molecular formula is C11H14N2O2. The fraction of sp³-hybridized carbons (Fsp3) is 0.273. The standard InChI is InChI=1S/C11H14N2O2/c1-7(8(2)11(14)15-3)9-4-5-13-6-10(9)12/h4-6H,12H2,1-3H3. The summed E-state index contributed by atoms with van der Waals surface area (Å²) < 4.78 is 4.64. The van der Waals surface area contributed by atoms with E-state index in [1.807, 2.05) is 6.92 Å². The molecule has 1 aromatic rings. The molecule has 0 saturated heterocycles. The number of carbonyl (C=O) groups is 1. The highest BCUT2D eigenvalue weighted by molar-refractivity contribution is 5.97. The minimum Gasteiger partial charge on any atom is -0.466 e. The van der Waals surface area contributed by atoms with Gasteiger partial charge in [0.25, 0.3) is 0 Å². The summed E-state index contributed by atoms with van der Waals surface area (Å²) in [6.45, 7) is 3.54. The van der Waals surface area contributed by atoms with Crippen LogP contribution in [0.15, 0.2) is 24.0 Å². The summed E-state index contributed by atoms with van der Waals surface area (Å²) >= 11 is 0. The number of nitrogen functional groups attached to an aromatic ring is 1. The SMILES string of the molecule is COC(=O)C(C)=C(C)c1ccncc1N. The summed E-state index contributed by atoms with van der Waals surface area (Å²) in [6, 6.07) is 1.77. The molecule has 0 aromatic carbocycles. The zero-order valence-electron chi connectivity index (χ0n) is 9.07. The third kappa shape index (κ3) is 2.34. The van der Waals surface area contributed by atoms with Gasteiger partial charge in [0, 0.05) is 17.3 Å². The van der Waals surface area contributed by atoms with Gasteiger partial charge < -0.3 is 10.5 Å². The van der Waals surface area contributed by atoms with Gasteiger partial charge >= 0.3 is 5.97 Å². The van der Waals surface area contributed by atoms with Crippen molar-refractivity contribution in [1.29, 1.82) is 0 Å². The van der Waals surface area contributed by atoms with E-state index in [0.29, 0.717) is 11.3 Å². The number of carbonyl (C=O) groups excluding carboxylic acids is 1. The number of allylic oxidation sites excluding steroid dienone is 1. The second kappa shape index (κ2) is 4.59. The van der Waals surface area contributed by atoms with Crippen molar-refractivity contribution in [2.45, 2.75) is 13.8 Å². The molecule has 1 rings (SSSR count). The number of methoxy groups -OCH3 is 1. The molecule has 0 amide bonds. The molecule has 0 radical (unpaired) electrons. The van der Waals surface area contributed by atoms with E-state index in [-0.39, 0.29) is 5.97 Å². The maximum Gasteiger partial charge on any atom is 0.333 e. The molecule has 0 saturated carbocycles. The zero-order valence-corrected chi connectivity index (χ0v) is 9.07. The first-order valence-electron chi connectivity index (χ1n) is 4.53. The van der Waals surface area contributed by atoms with Gasteiger partial charge in [-0.1, -0.05) is 0 Å². The summed E-state index contributed by atoms with van der Waals surface area (Å²) in [5.74, 6) is -0.344. The Morgan fingerprint density at radius 3 is 2.67 bits per heavy atom. The van der Waals surface area contributed by atoms with Crippen LogP contribution in [0.1, 0.15) is 19.4 Å². The summed E-state index contributed by atoms with van der Waals surface area (Å²) in [4.78, 5) is 15.2. The lowest BCUT2D eigenvalue weighted by molar-refractivity contribution is -0.135. The molecule has 15 heavy (non-hydrogen) atoms. The van der Waals surface area contributed by atoms with Gasteiger partial charge in [-0.05, 0) is 25.5 Å². The van der Waals surface area contributed by atoms with Crippen LogP contribution < -0.4 is 5.73 Å². The molecule has 0 bridgehead atoms. The maximum absolute atomic E-state index is 11.3. The monoisotopic (exact) mass is 206 g/mol. The Kier molecular flexibility index (Phi) is 3.44. The number of nitrogens with two attached hydrogens (primary N) is 1. The number of nitrogens with zero attached hydrogens (tertiary/aromatic N) is 1. The van der Waals surface area contributed by atoms with Crippen molar-refractivity contribution in [3.63, 3.8) is 0 Å². The minimum atomic E-state index is -0.344. The number of hydrogen-bond acceptors (Lipinski definition) is 4. The van der Waals surface area contributed by atoms with Crippen LogP contribution in [0, 0.1) is 0 Å². The van der Waals surface area contributed by atoms with Gasteiger partial charge in [-0.15, -0.1) is 0 Å². The average Bonchev–Trinajstić information content (AvgIpc) is 2.26. The Hall–Kier alpha value is -1.84. The number of rotatable bonds is 2. The van der Waals surface area contributed by atoms with Gasteiger partial charge in [0.05, 0.1) is 19.0 Å². The molecule has 80 valence electrons. The second-order valence-electron chi connectivity index (χ2n) is 3.20. The summed E-state index contributed by atoms with van der Waals surface area (Å²) in [7, 11) is 1.36. The number of ether oxygens (including phenoxy) is 1. The lowest BCUT2D eigenvalue weighted by Crippen LogP contribution is -2.04. The van der Waals surface area contributed by atoms with Crippen LogP contribution in [-0.4, -0.2) is 18.1 Å². The second-order valence-corrected chi connectivity index (χ2v) is 3.20. The number of hydrogen-bond donors (Lipinski definition) is 1. The van der Waals surface area contributed by atoms with Crippen molar-refractivity contribution in [2.75, 3.05) is 12.8 Å².